The zero-order valence-corrected chi connectivity index (χ0v) is 15.5. The molecule has 0 unspecified atom stereocenters. The Balaban J connectivity index is 1.44. The zero-order valence-electron chi connectivity index (χ0n) is 14.7. The molecule has 2 aliphatic rings. The fraction of sp³-hybridized carbons (Fsp3) is 0.444. The van der Waals surface area contributed by atoms with E-state index in [0.29, 0.717) is 30.9 Å². The van der Waals surface area contributed by atoms with Gasteiger partial charge in [-0.2, -0.15) is 0 Å². The number of hydrogen-bond donors (Lipinski definition) is 0. The van der Waals surface area contributed by atoms with Gasteiger partial charge in [0.15, 0.2) is 0 Å². The number of thiazole rings is 1. The highest BCUT2D eigenvalue weighted by molar-refractivity contribution is 7.13. The van der Waals surface area contributed by atoms with Crippen molar-refractivity contribution < 1.29 is 14.3 Å². The molecule has 0 bridgehead atoms. The van der Waals surface area contributed by atoms with Gasteiger partial charge in [0, 0.05) is 31.4 Å². The van der Waals surface area contributed by atoms with Crippen LogP contribution in [0.25, 0.3) is 0 Å². The number of nitrogens with zero attached hydrogens (tertiary/aromatic N) is 4. The van der Waals surface area contributed by atoms with Crippen molar-refractivity contribution in [2.24, 2.45) is 0 Å². The molecule has 0 spiro atoms. The molecule has 0 radical (unpaired) electrons. The highest BCUT2D eigenvalue weighted by Crippen LogP contribution is 2.29. The first-order chi connectivity index (χ1) is 12.5. The van der Waals surface area contributed by atoms with E-state index < -0.39 is 0 Å². The van der Waals surface area contributed by atoms with Crippen LogP contribution in [0.4, 0.5) is 4.79 Å². The number of likely N-dealkylation sites (tertiary alicyclic amines) is 1. The Labute approximate surface area is 155 Å². The molecule has 136 valence electrons. The molecule has 2 saturated heterocycles. The first-order valence-corrected chi connectivity index (χ1v) is 9.45. The number of fused-ring (bicyclic) bond motifs is 1. The second-order valence-corrected chi connectivity index (χ2v) is 7.81. The summed E-state index contributed by atoms with van der Waals surface area (Å²) in [5, 5.41) is 0.883. The van der Waals surface area contributed by atoms with Gasteiger partial charge in [-0.3, -0.25) is 14.7 Å². The maximum absolute atomic E-state index is 12.8. The third-order valence-corrected chi connectivity index (χ3v) is 5.90. The lowest BCUT2D eigenvalue weighted by atomic mass is 10.2. The molecule has 0 aromatic carbocycles. The van der Waals surface area contributed by atoms with E-state index in [1.807, 2.05) is 32.0 Å². The summed E-state index contributed by atoms with van der Waals surface area (Å²) in [7, 11) is 0. The number of amides is 2. The van der Waals surface area contributed by atoms with Gasteiger partial charge in [0.1, 0.15) is 11.0 Å². The van der Waals surface area contributed by atoms with Gasteiger partial charge in [-0.15, -0.1) is 11.3 Å². The third kappa shape index (κ3) is 3.05. The topological polar surface area (TPSA) is 75.6 Å². The van der Waals surface area contributed by atoms with E-state index >= 15 is 0 Å². The van der Waals surface area contributed by atoms with Crippen molar-refractivity contribution in [1.29, 1.82) is 0 Å². The fourth-order valence-electron chi connectivity index (χ4n) is 3.58. The molecule has 8 heteroatoms. The zero-order chi connectivity index (χ0) is 18.3. The van der Waals surface area contributed by atoms with Crippen LogP contribution in [-0.2, 0) is 11.2 Å². The molecule has 2 atom stereocenters. The van der Waals surface area contributed by atoms with Crippen LogP contribution in [0.15, 0.2) is 24.4 Å². The lowest BCUT2D eigenvalue weighted by molar-refractivity contribution is 0.0732. The molecule has 2 aromatic heterocycles. The molecular formula is C18H20N4O3S. The van der Waals surface area contributed by atoms with Gasteiger partial charge in [-0.05, 0) is 26.0 Å². The monoisotopic (exact) mass is 372 g/mol. The summed E-state index contributed by atoms with van der Waals surface area (Å²) in [5.41, 5.74) is 1.70. The minimum atomic E-state index is -0.298. The van der Waals surface area contributed by atoms with Crippen molar-refractivity contribution in [3.05, 3.63) is 45.7 Å². The average molecular weight is 372 g/mol. The molecule has 0 saturated carbocycles. The summed E-state index contributed by atoms with van der Waals surface area (Å²) in [5.74, 6) is -0.0248. The van der Waals surface area contributed by atoms with Crippen LogP contribution in [0.5, 0.6) is 0 Å². The minimum Gasteiger partial charge on any atom is -0.442 e. The number of carbonyl (C=O) groups excluding carboxylic acids is 2. The summed E-state index contributed by atoms with van der Waals surface area (Å²) in [6.45, 7) is 5.22. The van der Waals surface area contributed by atoms with E-state index in [4.69, 9.17) is 4.74 Å². The standard InChI is InChI=1S/C18H20N4O3S/c1-11-16(26-12(2)20-11)17(23)21-9-14-15(10-21)25-18(24)22(14)8-6-13-5-3-4-7-19-13/h3-5,7,14-15H,6,8-10H2,1-2H3/t14-,15+/m0/s1. The lowest BCUT2D eigenvalue weighted by Gasteiger charge is -2.22. The second-order valence-electron chi connectivity index (χ2n) is 6.61. The number of aryl methyl sites for hydroxylation is 2. The van der Waals surface area contributed by atoms with E-state index in [0.717, 1.165) is 16.4 Å². The van der Waals surface area contributed by atoms with Crippen molar-refractivity contribution in [1.82, 2.24) is 19.8 Å². The minimum absolute atomic E-state index is 0.0248. The molecular weight excluding hydrogens is 352 g/mol. The Hall–Kier alpha value is -2.48. The normalized spacial score (nSPS) is 21.8. The first kappa shape index (κ1) is 17.0. The van der Waals surface area contributed by atoms with Crippen LogP contribution in [0.1, 0.15) is 26.1 Å². The molecule has 2 fully saturated rings. The van der Waals surface area contributed by atoms with Crippen LogP contribution in [0.3, 0.4) is 0 Å². The van der Waals surface area contributed by atoms with Crippen molar-refractivity contribution in [3.63, 3.8) is 0 Å². The van der Waals surface area contributed by atoms with Gasteiger partial charge >= 0.3 is 6.09 Å². The van der Waals surface area contributed by atoms with Crippen LogP contribution in [0.2, 0.25) is 0 Å². The number of rotatable bonds is 4. The largest absolute Gasteiger partial charge is 0.442 e. The molecule has 0 N–H and O–H groups in total. The summed E-state index contributed by atoms with van der Waals surface area (Å²) < 4.78 is 5.50. The fourth-order valence-corrected chi connectivity index (χ4v) is 4.47. The average Bonchev–Trinajstić information content (AvgIpc) is 3.26. The number of hydrogen-bond acceptors (Lipinski definition) is 6. The van der Waals surface area contributed by atoms with Gasteiger partial charge in [0.05, 0.1) is 23.3 Å². The Morgan fingerprint density at radius 3 is 2.88 bits per heavy atom. The predicted molar refractivity (Wildman–Crippen MR) is 96.2 cm³/mol. The quantitative estimate of drug-likeness (QED) is 0.821. The molecule has 2 amide bonds. The summed E-state index contributed by atoms with van der Waals surface area (Å²) in [6.07, 6.45) is 1.85. The van der Waals surface area contributed by atoms with Crippen LogP contribution >= 0.6 is 11.3 Å². The van der Waals surface area contributed by atoms with Crippen molar-refractivity contribution in [3.8, 4) is 0 Å². The number of carbonyl (C=O) groups is 2. The first-order valence-electron chi connectivity index (χ1n) is 8.63. The Morgan fingerprint density at radius 2 is 2.19 bits per heavy atom. The van der Waals surface area contributed by atoms with Gasteiger partial charge in [-0.25, -0.2) is 9.78 Å². The Bertz CT molecular complexity index is 838. The molecule has 26 heavy (non-hydrogen) atoms. The highest BCUT2D eigenvalue weighted by atomic mass is 32.1. The number of pyridine rings is 1. The second kappa shape index (κ2) is 6.68. The van der Waals surface area contributed by atoms with E-state index in [2.05, 4.69) is 9.97 Å². The number of aromatic nitrogens is 2. The van der Waals surface area contributed by atoms with E-state index in [9.17, 15) is 9.59 Å². The van der Waals surface area contributed by atoms with Crippen LogP contribution in [0, 0.1) is 13.8 Å². The van der Waals surface area contributed by atoms with E-state index in [1.165, 1.54) is 11.3 Å². The Morgan fingerprint density at radius 1 is 1.35 bits per heavy atom. The predicted octanol–water partition coefficient (Wildman–Crippen LogP) is 2.04. The molecule has 2 aromatic rings. The van der Waals surface area contributed by atoms with Crippen LogP contribution in [-0.4, -0.2) is 63.5 Å². The van der Waals surface area contributed by atoms with Crippen molar-refractivity contribution >= 4 is 23.3 Å². The molecule has 4 heterocycles. The maximum Gasteiger partial charge on any atom is 0.410 e. The summed E-state index contributed by atoms with van der Waals surface area (Å²) in [4.78, 5) is 37.8. The van der Waals surface area contributed by atoms with E-state index in [-0.39, 0.29) is 24.1 Å². The molecule has 4 rings (SSSR count). The number of ether oxygens (including phenoxy) is 1. The lowest BCUT2D eigenvalue weighted by Crippen LogP contribution is -2.40. The smallest absolute Gasteiger partial charge is 0.410 e. The van der Waals surface area contributed by atoms with Gasteiger partial charge in [-0.1, -0.05) is 6.07 Å². The van der Waals surface area contributed by atoms with Gasteiger partial charge < -0.3 is 9.64 Å². The third-order valence-electron chi connectivity index (χ3n) is 4.84. The van der Waals surface area contributed by atoms with Crippen molar-refractivity contribution in [2.75, 3.05) is 19.6 Å². The summed E-state index contributed by atoms with van der Waals surface area (Å²) >= 11 is 1.41. The SMILES string of the molecule is Cc1nc(C)c(C(=O)N2C[C@H]3OC(=O)N(CCc4ccccn4)[C@H]3C2)s1. The molecule has 0 aliphatic carbocycles. The molecule has 2 aliphatic heterocycles. The molecule has 7 nitrogen and oxygen atoms in total. The maximum atomic E-state index is 12.8. The van der Waals surface area contributed by atoms with Gasteiger partial charge in [0.2, 0.25) is 0 Å². The van der Waals surface area contributed by atoms with Crippen molar-refractivity contribution in [2.45, 2.75) is 32.4 Å². The Kier molecular flexibility index (Phi) is 4.36. The van der Waals surface area contributed by atoms with Gasteiger partial charge in [0.25, 0.3) is 5.91 Å². The summed E-state index contributed by atoms with van der Waals surface area (Å²) in [6, 6.07) is 5.65. The highest BCUT2D eigenvalue weighted by Gasteiger charge is 2.49. The van der Waals surface area contributed by atoms with Crippen LogP contribution < -0.4 is 0 Å². The van der Waals surface area contributed by atoms with E-state index in [1.54, 1.807) is 16.0 Å².